The van der Waals surface area contributed by atoms with Crippen LogP contribution in [-0.4, -0.2) is 61.1 Å². The number of piperazine rings is 1. The first-order chi connectivity index (χ1) is 12.7. The van der Waals surface area contributed by atoms with Crippen LogP contribution in [0.15, 0.2) is 40.8 Å². The van der Waals surface area contributed by atoms with E-state index in [0.717, 1.165) is 57.7 Å². The highest BCUT2D eigenvalue weighted by Crippen LogP contribution is 2.25. The number of carbonyl (C=O) groups excluding carboxylic acids is 1. The summed E-state index contributed by atoms with van der Waals surface area (Å²) in [5.41, 5.74) is 0.912. The quantitative estimate of drug-likeness (QED) is 0.821. The first-order valence-corrected chi connectivity index (χ1v) is 9.56. The molecule has 1 aromatic heterocycles. The summed E-state index contributed by atoms with van der Waals surface area (Å²) in [6.45, 7) is 5.08. The van der Waals surface area contributed by atoms with Crippen LogP contribution < -0.4 is 0 Å². The maximum absolute atomic E-state index is 12.7. The highest BCUT2D eigenvalue weighted by atomic mass is 35.5. The topological polar surface area (TPSA) is 45.9 Å². The van der Waals surface area contributed by atoms with Crippen molar-refractivity contribution in [1.29, 1.82) is 0 Å². The summed E-state index contributed by atoms with van der Waals surface area (Å²) in [6, 6.07) is 11.0. The Hall–Kier alpha value is -1.82. The lowest BCUT2D eigenvalue weighted by Gasteiger charge is -2.35. The summed E-state index contributed by atoms with van der Waals surface area (Å²) >= 11 is 5.92. The second-order valence-corrected chi connectivity index (χ2v) is 7.34. The molecule has 0 bridgehead atoms. The van der Waals surface area contributed by atoms with Crippen molar-refractivity contribution in [3.05, 3.63) is 47.2 Å². The fourth-order valence-corrected chi connectivity index (χ4v) is 3.71. The van der Waals surface area contributed by atoms with Crippen molar-refractivity contribution in [3.63, 3.8) is 0 Å². The Morgan fingerprint density at radius 3 is 2.54 bits per heavy atom. The van der Waals surface area contributed by atoms with Crippen molar-refractivity contribution >= 4 is 17.5 Å². The zero-order valence-electron chi connectivity index (χ0n) is 14.7. The molecule has 1 atom stereocenters. The van der Waals surface area contributed by atoms with Gasteiger partial charge in [0.25, 0.3) is 5.91 Å². The first kappa shape index (κ1) is 17.6. The van der Waals surface area contributed by atoms with Gasteiger partial charge in [-0.15, -0.1) is 0 Å². The largest absolute Gasteiger partial charge is 0.451 e. The molecule has 0 aliphatic carbocycles. The maximum atomic E-state index is 12.7. The van der Waals surface area contributed by atoms with Gasteiger partial charge in [0, 0.05) is 49.9 Å². The summed E-state index contributed by atoms with van der Waals surface area (Å²) in [7, 11) is 0. The molecule has 0 spiro atoms. The van der Waals surface area contributed by atoms with Crippen molar-refractivity contribution in [3.8, 4) is 11.3 Å². The van der Waals surface area contributed by atoms with Gasteiger partial charge >= 0.3 is 0 Å². The second-order valence-electron chi connectivity index (χ2n) is 6.90. The SMILES string of the molecule is O=C(c1ccc(-c2ccc(Cl)cc2)o1)N1CCN(C[C@H]2CCCO2)CC1. The number of amides is 1. The molecule has 138 valence electrons. The van der Waals surface area contributed by atoms with Gasteiger partial charge < -0.3 is 14.1 Å². The Morgan fingerprint density at radius 2 is 1.85 bits per heavy atom. The number of ether oxygens (including phenoxy) is 1. The molecular weight excluding hydrogens is 352 g/mol. The van der Waals surface area contributed by atoms with Gasteiger partial charge in [-0.2, -0.15) is 0 Å². The third-order valence-corrected chi connectivity index (χ3v) is 5.34. The van der Waals surface area contributed by atoms with Crippen LogP contribution in [0.5, 0.6) is 0 Å². The Balaban J connectivity index is 1.34. The highest BCUT2D eigenvalue weighted by molar-refractivity contribution is 6.30. The van der Waals surface area contributed by atoms with Crippen molar-refractivity contribution < 1.29 is 13.9 Å². The Labute approximate surface area is 158 Å². The number of hydrogen-bond donors (Lipinski definition) is 0. The van der Waals surface area contributed by atoms with Gasteiger partial charge in [0.1, 0.15) is 5.76 Å². The second kappa shape index (κ2) is 7.82. The smallest absolute Gasteiger partial charge is 0.289 e. The molecule has 2 fully saturated rings. The van der Waals surface area contributed by atoms with Crippen molar-refractivity contribution in [2.24, 2.45) is 0 Å². The van der Waals surface area contributed by atoms with E-state index in [0.29, 0.717) is 22.6 Å². The van der Waals surface area contributed by atoms with E-state index in [1.165, 1.54) is 0 Å². The van der Waals surface area contributed by atoms with E-state index >= 15 is 0 Å². The number of carbonyl (C=O) groups is 1. The number of benzene rings is 1. The number of rotatable bonds is 4. The summed E-state index contributed by atoms with van der Waals surface area (Å²) in [5.74, 6) is 1.03. The molecule has 5 nitrogen and oxygen atoms in total. The molecular formula is C20H23ClN2O3. The molecule has 0 radical (unpaired) electrons. The minimum atomic E-state index is -0.0398. The first-order valence-electron chi connectivity index (χ1n) is 9.18. The van der Waals surface area contributed by atoms with Gasteiger partial charge in [-0.1, -0.05) is 11.6 Å². The van der Waals surface area contributed by atoms with Gasteiger partial charge in [0.2, 0.25) is 0 Å². The van der Waals surface area contributed by atoms with E-state index in [9.17, 15) is 4.79 Å². The molecule has 0 N–H and O–H groups in total. The molecule has 4 rings (SSSR count). The minimum absolute atomic E-state index is 0.0398. The molecule has 0 saturated carbocycles. The van der Waals surface area contributed by atoms with Crippen LogP contribution in [0.4, 0.5) is 0 Å². The van der Waals surface area contributed by atoms with E-state index in [-0.39, 0.29) is 5.91 Å². The number of hydrogen-bond acceptors (Lipinski definition) is 4. The Kier molecular flexibility index (Phi) is 5.29. The van der Waals surface area contributed by atoms with Crippen LogP contribution in [-0.2, 0) is 4.74 Å². The number of halogens is 1. The monoisotopic (exact) mass is 374 g/mol. The van der Waals surface area contributed by atoms with Crippen LogP contribution in [0, 0.1) is 0 Å². The molecule has 2 aliphatic rings. The molecule has 1 amide bonds. The summed E-state index contributed by atoms with van der Waals surface area (Å²) in [6.07, 6.45) is 2.68. The highest BCUT2D eigenvalue weighted by Gasteiger charge is 2.26. The number of nitrogens with zero attached hydrogens (tertiary/aromatic N) is 2. The van der Waals surface area contributed by atoms with Crippen LogP contribution in [0.25, 0.3) is 11.3 Å². The third kappa shape index (κ3) is 3.95. The van der Waals surface area contributed by atoms with E-state index < -0.39 is 0 Å². The van der Waals surface area contributed by atoms with Crippen LogP contribution in [0.1, 0.15) is 23.4 Å². The minimum Gasteiger partial charge on any atom is -0.451 e. The lowest BCUT2D eigenvalue weighted by Crippen LogP contribution is -2.50. The van der Waals surface area contributed by atoms with E-state index in [4.69, 9.17) is 20.8 Å². The van der Waals surface area contributed by atoms with Gasteiger partial charge in [-0.3, -0.25) is 9.69 Å². The van der Waals surface area contributed by atoms with Crippen molar-refractivity contribution in [1.82, 2.24) is 9.80 Å². The van der Waals surface area contributed by atoms with Gasteiger partial charge in [0.05, 0.1) is 6.10 Å². The predicted molar refractivity (Wildman–Crippen MR) is 100 cm³/mol. The lowest BCUT2D eigenvalue weighted by molar-refractivity contribution is 0.0417. The zero-order chi connectivity index (χ0) is 17.9. The van der Waals surface area contributed by atoms with Crippen LogP contribution in [0.2, 0.25) is 5.02 Å². The molecule has 26 heavy (non-hydrogen) atoms. The van der Waals surface area contributed by atoms with Gasteiger partial charge in [0.15, 0.2) is 5.76 Å². The average Bonchev–Trinajstić information content (AvgIpc) is 3.34. The maximum Gasteiger partial charge on any atom is 0.289 e. The fourth-order valence-electron chi connectivity index (χ4n) is 3.59. The van der Waals surface area contributed by atoms with E-state index in [1.807, 2.05) is 35.2 Å². The summed E-state index contributed by atoms with van der Waals surface area (Å²) in [5, 5.41) is 0.678. The molecule has 2 saturated heterocycles. The third-order valence-electron chi connectivity index (χ3n) is 5.09. The normalized spacial score (nSPS) is 21.3. The molecule has 2 aliphatic heterocycles. The van der Waals surface area contributed by atoms with Crippen molar-refractivity contribution in [2.45, 2.75) is 18.9 Å². The van der Waals surface area contributed by atoms with Crippen molar-refractivity contribution in [2.75, 3.05) is 39.3 Å². The van der Waals surface area contributed by atoms with Crippen LogP contribution in [0.3, 0.4) is 0 Å². The lowest BCUT2D eigenvalue weighted by atomic mass is 10.2. The molecule has 6 heteroatoms. The van der Waals surface area contributed by atoms with Gasteiger partial charge in [-0.05, 0) is 49.2 Å². The predicted octanol–water partition coefficient (Wildman–Crippen LogP) is 3.54. The number of furan rings is 1. The molecule has 3 heterocycles. The standard InChI is InChI=1S/C20H23ClN2O3/c21-16-5-3-15(4-6-16)18-7-8-19(26-18)20(24)23-11-9-22(10-12-23)14-17-2-1-13-25-17/h3-8,17H,1-2,9-14H2/t17-/m1/s1. The zero-order valence-corrected chi connectivity index (χ0v) is 15.5. The molecule has 2 aromatic rings. The van der Waals surface area contributed by atoms with E-state index in [2.05, 4.69) is 4.90 Å². The molecule has 1 aromatic carbocycles. The summed E-state index contributed by atoms with van der Waals surface area (Å²) < 4.78 is 11.5. The molecule has 0 unspecified atom stereocenters. The Bertz CT molecular complexity index is 745. The van der Waals surface area contributed by atoms with E-state index in [1.54, 1.807) is 6.07 Å². The average molecular weight is 375 g/mol. The van der Waals surface area contributed by atoms with Crippen LogP contribution >= 0.6 is 11.6 Å². The summed E-state index contributed by atoms with van der Waals surface area (Å²) in [4.78, 5) is 17.0. The Morgan fingerprint density at radius 1 is 1.08 bits per heavy atom. The fraction of sp³-hybridized carbons (Fsp3) is 0.450. The van der Waals surface area contributed by atoms with Gasteiger partial charge in [-0.25, -0.2) is 0 Å².